The van der Waals surface area contributed by atoms with Gasteiger partial charge in [0.1, 0.15) is 0 Å². The third-order valence-electron chi connectivity index (χ3n) is 9.78. The van der Waals surface area contributed by atoms with E-state index in [0.717, 1.165) is 5.69 Å². The summed E-state index contributed by atoms with van der Waals surface area (Å²) in [5.74, 6) is 0. The SMILES string of the molecule is c1ccc(-c2cccc(-c3ccccc3)c2-c2cccc(-n3c4ccccc4c4cc5ccc6sc7ccccc7c6c5cc43)c2)cc1. The van der Waals surface area contributed by atoms with Crippen molar-refractivity contribution in [2.45, 2.75) is 0 Å². The molecule has 0 aliphatic carbocycles. The van der Waals surface area contributed by atoms with Crippen LogP contribution in [0.15, 0.2) is 176 Å². The minimum Gasteiger partial charge on any atom is -0.309 e. The molecular weight excluding hydrogens is 599 g/mol. The molecule has 0 atom stereocenters. The minimum atomic E-state index is 1.15. The van der Waals surface area contributed by atoms with E-state index in [9.17, 15) is 0 Å². The van der Waals surface area contributed by atoms with Gasteiger partial charge in [-0.2, -0.15) is 0 Å². The van der Waals surface area contributed by atoms with E-state index >= 15 is 0 Å². The van der Waals surface area contributed by atoms with E-state index < -0.39 is 0 Å². The molecule has 0 amide bonds. The van der Waals surface area contributed by atoms with Gasteiger partial charge in [0.2, 0.25) is 0 Å². The lowest BCUT2D eigenvalue weighted by molar-refractivity contribution is 1.18. The largest absolute Gasteiger partial charge is 0.309 e. The molecule has 0 bridgehead atoms. The molecule has 10 aromatic rings. The van der Waals surface area contributed by atoms with Crippen LogP contribution in [0, 0.1) is 0 Å². The van der Waals surface area contributed by atoms with Gasteiger partial charge in [0.15, 0.2) is 0 Å². The topological polar surface area (TPSA) is 4.93 Å². The van der Waals surface area contributed by atoms with Crippen molar-refractivity contribution in [1.29, 1.82) is 0 Å². The second-order valence-corrected chi connectivity index (χ2v) is 13.6. The monoisotopic (exact) mass is 627 g/mol. The molecule has 0 radical (unpaired) electrons. The molecule has 48 heavy (non-hydrogen) atoms. The summed E-state index contributed by atoms with van der Waals surface area (Å²) in [5, 5.41) is 7.81. The summed E-state index contributed by atoms with van der Waals surface area (Å²) < 4.78 is 5.13. The zero-order valence-corrected chi connectivity index (χ0v) is 26.9. The zero-order valence-electron chi connectivity index (χ0n) is 26.1. The molecule has 0 saturated carbocycles. The van der Waals surface area contributed by atoms with E-state index in [0.29, 0.717) is 0 Å². The summed E-state index contributed by atoms with van der Waals surface area (Å²) in [6.45, 7) is 0. The quantitative estimate of drug-likeness (QED) is 0.183. The van der Waals surface area contributed by atoms with Crippen molar-refractivity contribution in [1.82, 2.24) is 4.57 Å². The second-order valence-electron chi connectivity index (χ2n) is 12.5. The Kier molecular flexibility index (Phi) is 6.12. The van der Waals surface area contributed by atoms with Gasteiger partial charge in [0.25, 0.3) is 0 Å². The molecule has 224 valence electrons. The first-order chi connectivity index (χ1) is 23.8. The Balaban J connectivity index is 1.27. The predicted octanol–water partition coefficient (Wildman–Crippen LogP) is 13.3. The first-order valence-electron chi connectivity index (χ1n) is 16.4. The van der Waals surface area contributed by atoms with Crippen molar-refractivity contribution in [2.24, 2.45) is 0 Å². The Hall–Kier alpha value is -5.96. The number of aromatic nitrogens is 1. The number of hydrogen-bond acceptors (Lipinski definition) is 1. The van der Waals surface area contributed by atoms with Gasteiger partial charge >= 0.3 is 0 Å². The first-order valence-corrected chi connectivity index (χ1v) is 17.3. The van der Waals surface area contributed by atoms with Crippen LogP contribution in [0.5, 0.6) is 0 Å². The Morgan fingerprint density at radius 1 is 0.375 bits per heavy atom. The molecule has 0 unspecified atom stereocenters. The molecule has 0 N–H and O–H groups in total. The van der Waals surface area contributed by atoms with Crippen LogP contribution in [0.3, 0.4) is 0 Å². The van der Waals surface area contributed by atoms with E-state index in [1.807, 2.05) is 11.3 Å². The van der Waals surface area contributed by atoms with Crippen LogP contribution in [0.25, 0.3) is 91.8 Å². The normalized spacial score (nSPS) is 11.8. The molecule has 0 saturated heterocycles. The molecule has 2 heterocycles. The summed E-state index contributed by atoms with van der Waals surface area (Å²) in [5.41, 5.74) is 10.9. The molecular formula is C46H29NS. The smallest absolute Gasteiger partial charge is 0.0547 e. The van der Waals surface area contributed by atoms with Gasteiger partial charge in [-0.05, 0) is 86.6 Å². The van der Waals surface area contributed by atoms with Crippen molar-refractivity contribution >= 4 is 64.1 Å². The molecule has 2 aromatic heterocycles. The van der Waals surface area contributed by atoms with Crippen LogP contribution in [-0.2, 0) is 0 Å². The van der Waals surface area contributed by atoms with Crippen molar-refractivity contribution in [3.05, 3.63) is 176 Å². The van der Waals surface area contributed by atoms with Gasteiger partial charge in [-0.1, -0.05) is 133 Å². The van der Waals surface area contributed by atoms with Crippen LogP contribution in [0.4, 0.5) is 0 Å². The lowest BCUT2D eigenvalue weighted by atomic mass is 9.87. The van der Waals surface area contributed by atoms with Crippen LogP contribution < -0.4 is 0 Å². The highest BCUT2D eigenvalue weighted by atomic mass is 32.1. The number of hydrogen-bond donors (Lipinski definition) is 0. The fourth-order valence-electron chi connectivity index (χ4n) is 7.67. The number of para-hydroxylation sites is 1. The Morgan fingerprint density at radius 3 is 1.79 bits per heavy atom. The molecule has 0 aliphatic rings. The Labute approximate surface area is 282 Å². The third-order valence-corrected chi connectivity index (χ3v) is 10.9. The van der Waals surface area contributed by atoms with Crippen LogP contribution in [0.2, 0.25) is 0 Å². The number of nitrogens with zero attached hydrogens (tertiary/aromatic N) is 1. The maximum Gasteiger partial charge on any atom is 0.0547 e. The summed E-state index contributed by atoms with van der Waals surface area (Å²) >= 11 is 1.88. The Bertz CT molecular complexity index is 2760. The van der Waals surface area contributed by atoms with Gasteiger partial charge < -0.3 is 4.57 Å². The lowest BCUT2D eigenvalue weighted by Crippen LogP contribution is -1.96. The fraction of sp³-hybridized carbons (Fsp3) is 0. The molecule has 1 nitrogen and oxygen atoms in total. The summed E-state index contributed by atoms with van der Waals surface area (Å²) in [6.07, 6.45) is 0. The standard InChI is InChI=1S/C46H29NS/c1-3-13-30(14-4-1)35-21-12-22-36(31-15-5-2-6-16-31)45(35)33-17-11-18-34(27-33)47-41-23-9-7-19-37(41)40-28-32-25-26-44-46(39(32)29-42(40)47)38-20-8-10-24-43(38)48-44/h1-29H. The number of thiophene rings is 1. The maximum atomic E-state index is 2.47. The molecule has 10 rings (SSSR count). The van der Waals surface area contributed by atoms with Gasteiger partial charge in [-0.3, -0.25) is 0 Å². The van der Waals surface area contributed by atoms with E-state index in [2.05, 4.69) is 180 Å². The van der Waals surface area contributed by atoms with Crippen LogP contribution in [0.1, 0.15) is 0 Å². The van der Waals surface area contributed by atoms with Crippen molar-refractivity contribution in [3.8, 4) is 39.1 Å². The zero-order chi connectivity index (χ0) is 31.6. The van der Waals surface area contributed by atoms with Crippen molar-refractivity contribution in [2.75, 3.05) is 0 Å². The first kappa shape index (κ1) is 27.2. The molecule has 0 aliphatic heterocycles. The van der Waals surface area contributed by atoms with Gasteiger partial charge in [0.05, 0.1) is 11.0 Å². The average molecular weight is 628 g/mol. The molecule has 8 aromatic carbocycles. The lowest BCUT2D eigenvalue weighted by Gasteiger charge is -2.18. The summed E-state index contributed by atoms with van der Waals surface area (Å²) in [6, 6.07) is 64.4. The number of fused-ring (bicyclic) bond motifs is 8. The highest BCUT2D eigenvalue weighted by Gasteiger charge is 2.18. The number of benzene rings is 8. The predicted molar refractivity (Wildman–Crippen MR) is 207 cm³/mol. The van der Waals surface area contributed by atoms with E-state index in [-0.39, 0.29) is 0 Å². The van der Waals surface area contributed by atoms with Gasteiger partial charge in [-0.15, -0.1) is 11.3 Å². The van der Waals surface area contributed by atoms with Crippen molar-refractivity contribution in [3.63, 3.8) is 0 Å². The van der Waals surface area contributed by atoms with Crippen molar-refractivity contribution < 1.29 is 0 Å². The van der Waals surface area contributed by atoms with Crippen LogP contribution >= 0.6 is 11.3 Å². The van der Waals surface area contributed by atoms with E-state index in [1.165, 1.54) is 86.1 Å². The Morgan fingerprint density at radius 2 is 1.02 bits per heavy atom. The molecule has 0 spiro atoms. The minimum absolute atomic E-state index is 1.15. The highest BCUT2D eigenvalue weighted by Crippen LogP contribution is 2.44. The fourth-order valence-corrected chi connectivity index (χ4v) is 8.79. The van der Waals surface area contributed by atoms with Crippen LogP contribution in [-0.4, -0.2) is 4.57 Å². The molecule has 0 fully saturated rings. The summed E-state index contributed by atoms with van der Waals surface area (Å²) in [7, 11) is 0. The second kappa shape index (κ2) is 10.8. The maximum absolute atomic E-state index is 2.47. The van der Waals surface area contributed by atoms with Gasteiger partial charge in [0, 0.05) is 36.6 Å². The third kappa shape index (κ3) is 4.17. The summed E-state index contributed by atoms with van der Waals surface area (Å²) in [4.78, 5) is 0. The van der Waals surface area contributed by atoms with E-state index in [4.69, 9.17) is 0 Å². The van der Waals surface area contributed by atoms with E-state index in [1.54, 1.807) is 0 Å². The number of rotatable bonds is 4. The van der Waals surface area contributed by atoms with Gasteiger partial charge in [-0.25, -0.2) is 0 Å². The molecule has 2 heteroatoms. The average Bonchev–Trinajstić information content (AvgIpc) is 3.70. The highest BCUT2D eigenvalue weighted by molar-refractivity contribution is 7.26.